The van der Waals surface area contributed by atoms with Crippen LogP contribution in [0, 0.1) is 0 Å². The Bertz CT molecular complexity index is 617. The monoisotopic (exact) mass is 349 g/mol. The van der Waals surface area contributed by atoms with Gasteiger partial charge in [0, 0.05) is 10.6 Å². The number of nitrogens with two attached hydrogens (primary N) is 1. The van der Waals surface area contributed by atoms with Gasteiger partial charge in [0.05, 0.1) is 6.61 Å². The van der Waals surface area contributed by atoms with Crippen molar-refractivity contribution in [3.63, 3.8) is 0 Å². The zero-order valence-electron chi connectivity index (χ0n) is 12.5. The lowest BCUT2D eigenvalue weighted by molar-refractivity contribution is -0.181. The second kappa shape index (κ2) is 6.82. The molecule has 2 N–H and O–H groups in total. The number of ether oxygens (including phenoxy) is 2. The minimum absolute atomic E-state index is 0.226. The third kappa shape index (κ3) is 3.98. The summed E-state index contributed by atoms with van der Waals surface area (Å²) >= 11 is 6.22. The van der Waals surface area contributed by atoms with E-state index in [0.717, 1.165) is 5.56 Å². The molecule has 0 bridgehead atoms. The molecular weight excluding hydrogens is 330 g/mol. The van der Waals surface area contributed by atoms with Gasteiger partial charge in [0.15, 0.2) is 5.79 Å². The van der Waals surface area contributed by atoms with Crippen molar-refractivity contribution in [1.82, 2.24) is 0 Å². The number of rotatable bonds is 6. The van der Waals surface area contributed by atoms with Gasteiger partial charge in [-0.2, -0.15) is 8.42 Å². The van der Waals surface area contributed by atoms with Crippen LogP contribution in [-0.4, -0.2) is 26.9 Å². The lowest BCUT2D eigenvalue weighted by atomic mass is 10.1. The third-order valence-electron chi connectivity index (χ3n) is 3.73. The van der Waals surface area contributed by atoms with Crippen LogP contribution in [0.4, 0.5) is 0 Å². The predicted octanol–water partition coefficient (Wildman–Crippen LogP) is 2.53. The molecule has 1 saturated heterocycles. The van der Waals surface area contributed by atoms with Gasteiger partial charge in [0.25, 0.3) is 0 Å². The molecule has 2 rings (SSSR count). The van der Waals surface area contributed by atoms with E-state index in [1.54, 1.807) is 6.07 Å². The van der Waals surface area contributed by atoms with Gasteiger partial charge in [-0.1, -0.05) is 43.6 Å². The van der Waals surface area contributed by atoms with Gasteiger partial charge in [-0.05, 0) is 18.9 Å². The van der Waals surface area contributed by atoms with E-state index in [1.165, 1.54) is 0 Å². The molecule has 8 heteroatoms. The molecule has 124 valence electrons. The second-order valence-corrected chi connectivity index (χ2v) is 6.74. The summed E-state index contributed by atoms with van der Waals surface area (Å²) in [5.41, 5.74) is 0.732. The van der Waals surface area contributed by atoms with Crippen molar-refractivity contribution in [2.45, 2.75) is 44.7 Å². The summed E-state index contributed by atoms with van der Waals surface area (Å²) in [6.45, 7) is 3.66. The first-order valence-corrected chi connectivity index (χ1v) is 8.92. The maximum absolute atomic E-state index is 11.0. The van der Waals surface area contributed by atoms with Crippen molar-refractivity contribution >= 4 is 21.9 Å². The van der Waals surface area contributed by atoms with E-state index in [0.29, 0.717) is 17.9 Å². The van der Waals surface area contributed by atoms with Crippen LogP contribution in [0.5, 0.6) is 0 Å². The highest BCUT2D eigenvalue weighted by Crippen LogP contribution is 2.44. The van der Waals surface area contributed by atoms with Gasteiger partial charge in [0.2, 0.25) is 0 Å². The molecule has 0 unspecified atom stereocenters. The van der Waals surface area contributed by atoms with Gasteiger partial charge in [-0.25, -0.2) is 5.14 Å². The highest BCUT2D eigenvalue weighted by atomic mass is 35.5. The Kier molecular flexibility index (Phi) is 5.47. The number of hydrogen-bond acceptors (Lipinski definition) is 5. The van der Waals surface area contributed by atoms with Crippen molar-refractivity contribution < 1.29 is 22.1 Å². The lowest BCUT2D eigenvalue weighted by Gasteiger charge is -2.25. The van der Waals surface area contributed by atoms with Crippen molar-refractivity contribution in [3.05, 3.63) is 34.9 Å². The molecule has 0 amide bonds. The van der Waals surface area contributed by atoms with Crippen molar-refractivity contribution in [2.75, 3.05) is 6.61 Å². The van der Waals surface area contributed by atoms with E-state index in [2.05, 4.69) is 4.18 Å². The van der Waals surface area contributed by atoms with E-state index >= 15 is 0 Å². The lowest BCUT2D eigenvalue weighted by Crippen LogP contribution is -2.31. The van der Waals surface area contributed by atoms with Crippen LogP contribution in [0.25, 0.3) is 0 Å². The minimum Gasteiger partial charge on any atom is -0.341 e. The van der Waals surface area contributed by atoms with E-state index in [9.17, 15) is 8.42 Å². The summed E-state index contributed by atoms with van der Waals surface area (Å²) in [7, 11) is -4.05. The van der Waals surface area contributed by atoms with E-state index in [1.807, 2.05) is 32.0 Å². The maximum Gasteiger partial charge on any atom is 0.333 e. The Hall–Kier alpha value is -0.700. The van der Waals surface area contributed by atoms with Gasteiger partial charge in [-0.3, -0.25) is 4.18 Å². The van der Waals surface area contributed by atoms with Gasteiger partial charge in [-0.15, -0.1) is 0 Å². The third-order valence-corrected chi connectivity index (χ3v) is 4.54. The van der Waals surface area contributed by atoms with E-state index in [4.69, 9.17) is 26.2 Å². The first-order chi connectivity index (χ1) is 10.3. The van der Waals surface area contributed by atoms with Gasteiger partial charge < -0.3 is 9.47 Å². The second-order valence-electron chi connectivity index (χ2n) is 5.11. The Labute approximate surface area is 135 Å². The summed E-state index contributed by atoms with van der Waals surface area (Å²) in [5, 5.41) is 5.42. The fourth-order valence-corrected chi connectivity index (χ4v) is 3.08. The summed E-state index contributed by atoms with van der Waals surface area (Å²) in [5.74, 6) is -0.782. The van der Waals surface area contributed by atoms with E-state index < -0.39 is 28.3 Å². The fourth-order valence-electron chi connectivity index (χ4n) is 2.51. The Morgan fingerprint density at radius 1 is 1.27 bits per heavy atom. The summed E-state index contributed by atoms with van der Waals surface area (Å²) in [4.78, 5) is 0. The van der Waals surface area contributed by atoms with E-state index in [-0.39, 0.29) is 6.61 Å². The number of halogens is 1. The van der Waals surface area contributed by atoms with Crippen LogP contribution >= 0.6 is 11.6 Å². The molecule has 22 heavy (non-hydrogen) atoms. The first-order valence-electron chi connectivity index (χ1n) is 7.07. The number of hydrogen-bond donors (Lipinski definition) is 1. The molecule has 1 aliphatic rings. The van der Waals surface area contributed by atoms with Crippen LogP contribution in [0.1, 0.15) is 38.4 Å². The van der Waals surface area contributed by atoms with Crippen LogP contribution in [0.3, 0.4) is 0 Å². The van der Waals surface area contributed by atoms with Crippen LogP contribution in [0.15, 0.2) is 24.3 Å². The van der Waals surface area contributed by atoms with Gasteiger partial charge in [0.1, 0.15) is 12.2 Å². The molecule has 1 aromatic carbocycles. The minimum atomic E-state index is -4.05. The zero-order valence-corrected chi connectivity index (χ0v) is 14.1. The molecule has 6 nitrogen and oxygen atoms in total. The SMILES string of the molecule is CCC1(CC)O[C@@H](COS(N)(=O)=O)[C@H](c2ccccc2Cl)O1. The molecule has 0 aliphatic carbocycles. The van der Waals surface area contributed by atoms with Crippen LogP contribution in [-0.2, 0) is 24.0 Å². The average molecular weight is 350 g/mol. The topological polar surface area (TPSA) is 87.9 Å². The molecule has 1 aromatic rings. The highest BCUT2D eigenvalue weighted by Gasteiger charge is 2.47. The molecule has 1 heterocycles. The molecule has 0 saturated carbocycles. The van der Waals surface area contributed by atoms with Crippen molar-refractivity contribution in [1.29, 1.82) is 0 Å². The average Bonchev–Trinajstić information content (AvgIpc) is 2.85. The Morgan fingerprint density at radius 2 is 1.91 bits per heavy atom. The molecule has 0 spiro atoms. The standard InChI is InChI=1S/C14H20ClNO5S/c1-3-14(4-2)20-12(9-19-22(16,17)18)13(21-14)10-7-5-6-8-11(10)15/h5-8,12-13H,3-4,9H2,1-2H3,(H2,16,17,18)/t12-,13-/m0/s1. The summed E-state index contributed by atoms with van der Waals surface area (Å²) < 4.78 is 38.8. The van der Waals surface area contributed by atoms with Crippen LogP contribution < -0.4 is 5.14 Å². The van der Waals surface area contributed by atoms with Crippen molar-refractivity contribution in [3.8, 4) is 0 Å². The quantitative estimate of drug-likeness (QED) is 0.852. The Morgan fingerprint density at radius 3 is 2.45 bits per heavy atom. The molecule has 1 aliphatic heterocycles. The number of benzene rings is 1. The molecule has 1 fully saturated rings. The molecular formula is C14H20ClNO5S. The fraction of sp³-hybridized carbons (Fsp3) is 0.571. The normalized spacial score (nSPS) is 24.5. The smallest absolute Gasteiger partial charge is 0.333 e. The zero-order chi connectivity index (χ0) is 16.4. The first kappa shape index (κ1) is 17.7. The Balaban J connectivity index is 2.29. The van der Waals surface area contributed by atoms with Crippen LogP contribution in [0.2, 0.25) is 5.02 Å². The van der Waals surface area contributed by atoms with Crippen molar-refractivity contribution in [2.24, 2.45) is 5.14 Å². The molecule has 0 radical (unpaired) electrons. The summed E-state index contributed by atoms with van der Waals surface area (Å²) in [6.07, 6.45) is 0.112. The summed E-state index contributed by atoms with van der Waals surface area (Å²) in [6, 6.07) is 7.21. The molecule has 2 atom stereocenters. The van der Waals surface area contributed by atoms with Gasteiger partial charge >= 0.3 is 10.3 Å². The highest BCUT2D eigenvalue weighted by molar-refractivity contribution is 7.84. The molecule has 0 aromatic heterocycles. The predicted molar refractivity (Wildman–Crippen MR) is 82.5 cm³/mol. The largest absolute Gasteiger partial charge is 0.341 e. The maximum atomic E-state index is 11.0.